The molecular weight excluding hydrogens is 298 g/mol. The molecule has 0 bridgehead atoms. The van der Waals surface area contributed by atoms with Crippen LogP contribution in [0.25, 0.3) is 0 Å². The van der Waals surface area contributed by atoms with Crippen LogP contribution in [0.15, 0.2) is 27.6 Å². The molecule has 0 fully saturated rings. The number of sulfonamides is 1. The molecule has 0 spiro atoms. The number of aromatic nitrogens is 1. The van der Waals surface area contributed by atoms with E-state index in [4.69, 9.17) is 4.52 Å². The molecule has 0 atom stereocenters. The van der Waals surface area contributed by atoms with Crippen LogP contribution in [0, 0.1) is 30.9 Å². The molecule has 1 aromatic carbocycles. The molecule has 9 heteroatoms. The van der Waals surface area contributed by atoms with Crippen molar-refractivity contribution in [1.82, 2.24) is 5.16 Å². The van der Waals surface area contributed by atoms with E-state index >= 15 is 0 Å². The van der Waals surface area contributed by atoms with Gasteiger partial charge in [-0.1, -0.05) is 17.3 Å². The number of rotatable bonds is 4. The Bertz CT molecular complexity index is 810. The third-order valence-corrected chi connectivity index (χ3v) is 4.38. The topological polar surface area (TPSA) is 115 Å². The summed E-state index contributed by atoms with van der Waals surface area (Å²) in [6.45, 7) is 4.58. The van der Waals surface area contributed by atoms with E-state index in [1.165, 1.54) is 32.0 Å². The summed E-state index contributed by atoms with van der Waals surface area (Å²) in [6, 6.07) is 4.41. The Morgan fingerprint density at radius 2 is 1.86 bits per heavy atom. The van der Waals surface area contributed by atoms with Crippen molar-refractivity contribution < 1.29 is 17.9 Å². The van der Waals surface area contributed by atoms with Crippen LogP contribution in [-0.4, -0.2) is 18.5 Å². The summed E-state index contributed by atoms with van der Waals surface area (Å²) in [4.78, 5) is 10.1. The van der Waals surface area contributed by atoms with E-state index in [0.717, 1.165) is 0 Å². The van der Waals surface area contributed by atoms with Crippen LogP contribution in [0.5, 0.6) is 0 Å². The fourth-order valence-electron chi connectivity index (χ4n) is 1.94. The summed E-state index contributed by atoms with van der Waals surface area (Å²) in [5, 5.41) is 14.7. The van der Waals surface area contributed by atoms with Gasteiger partial charge in [0.25, 0.3) is 15.7 Å². The van der Waals surface area contributed by atoms with Crippen LogP contribution in [-0.2, 0) is 10.0 Å². The Hall–Kier alpha value is -2.42. The summed E-state index contributed by atoms with van der Waals surface area (Å²) >= 11 is 0. The molecule has 0 aliphatic heterocycles. The molecule has 1 N–H and O–H groups in total. The first-order valence-corrected chi connectivity index (χ1v) is 7.41. The number of benzene rings is 1. The fraction of sp³-hybridized carbons (Fsp3) is 0.250. The zero-order valence-electron chi connectivity index (χ0n) is 11.6. The van der Waals surface area contributed by atoms with E-state index in [0.29, 0.717) is 5.76 Å². The molecule has 0 unspecified atom stereocenters. The van der Waals surface area contributed by atoms with Crippen LogP contribution >= 0.6 is 0 Å². The highest BCUT2D eigenvalue weighted by Gasteiger charge is 2.30. The van der Waals surface area contributed by atoms with Crippen molar-refractivity contribution in [3.05, 3.63) is 45.2 Å². The van der Waals surface area contributed by atoms with Crippen molar-refractivity contribution in [3.63, 3.8) is 0 Å². The molecule has 1 heterocycles. The van der Waals surface area contributed by atoms with Gasteiger partial charge in [-0.25, -0.2) is 8.42 Å². The number of anilines is 1. The highest BCUT2D eigenvalue weighted by atomic mass is 32.2. The fourth-order valence-corrected chi connectivity index (χ4v) is 3.40. The molecule has 21 heavy (non-hydrogen) atoms. The van der Waals surface area contributed by atoms with Crippen molar-refractivity contribution in [2.24, 2.45) is 0 Å². The van der Waals surface area contributed by atoms with E-state index < -0.39 is 20.6 Å². The molecule has 0 saturated carbocycles. The van der Waals surface area contributed by atoms with Gasteiger partial charge >= 0.3 is 0 Å². The van der Waals surface area contributed by atoms with Gasteiger partial charge in [0, 0.05) is 11.6 Å². The number of nitro benzene ring substituents is 1. The minimum atomic E-state index is -4.14. The number of nitrogens with one attached hydrogen (secondary N) is 1. The lowest BCUT2D eigenvalue weighted by Crippen LogP contribution is -2.17. The van der Waals surface area contributed by atoms with Crippen molar-refractivity contribution in [1.29, 1.82) is 0 Å². The first kappa shape index (κ1) is 15.0. The second-order valence-corrected chi connectivity index (χ2v) is 6.18. The van der Waals surface area contributed by atoms with Gasteiger partial charge in [-0.05, 0) is 26.3 Å². The number of nitro groups is 1. The Labute approximate surface area is 121 Å². The van der Waals surface area contributed by atoms with Crippen molar-refractivity contribution in [2.75, 3.05) is 4.72 Å². The monoisotopic (exact) mass is 311 g/mol. The van der Waals surface area contributed by atoms with Crippen molar-refractivity contribution >= 4 is 21.5 Å². The largest absolute Gasteiger partial charge is 0.360 e. The van der Waals surface area contributed by atoms with Gasteiger partial charge < -0.3 is 4.52 Å². The molecule has 2 rings (SSSR count). The molecule has 8 nitrogen and oxygen atoms in total. The maximum atomic E-state index is 12.4. The third kappa shape index (κ3) is 2.87. The number of nitrogens with zero attached hydrogens (tertiary/aromatic N) is 2. The first-order valence-electron chi connectivity index (χ1n) is 5.93. The third-order valence-electron chi connectivity index (χ3n) is 2.85. The van der Waals surface area contributed by atoms with Gasteiger partial charge in [0.05, 0.1) is 4.92 Å². The van der Waals surface area contributed by atoms with E-state index in [9.17, 15) is 18.5 Å². The van der Waals surface area contributed by atoms with Crippen LogP contribution in [0.4, 0.5) is 11.5 Å². The summed E-state index contributed by atoms with van der Waals surface area (Å²) in [5.41, 5.74) is 0.102. The predicted molar refractivity (Wildman–Crippen MR) is 74.6 cm³/mol. The van der Waals surface area contributed by atoms with Crippen LogP contribution in [0.3, 0.4) is 0 Å². The number of aryl methyl sites for hydroxylation is 3. The summed E-state index contributed by atoms with van der Waals surface area (Å²) in [5.74, 6) is 0.394. The van der Waals surface area contributed by atoms with Crippen LogP contribution in [0.2, 0.25) is 0 Å². The van der Waals surface area contributed by atoms with Crippen molar-refractivity contribution in [2.45, 2.75) is 25.7 Å². The molecule has 0 saturated heterocycles. The van der Waals surface area contributed by atoms with Gasteiger partial charge in [0.15, 0.2) is 10.7 Å². The lowest BCUT2D eigenvalue weighted by Gasteiger charge is -2.10. The lowest BCUT2D eigenvalue weighted by molar-refractivity contribution is -0.388. The molecule has 112 valence electrons. The Morgan fingerprint density at radius 3 is 2.38 bits per heavy atom. The van der Waals surface area contributed by atoms with Crippen LogP contribution < -0.4 is 4.72 Å². The molecule has 2 aromatic rings. The second kappa shape index (κ2) is 5.17. The van der Waals surface area contributed by atoms with E-state index in [1.807, 2.05) is 0 Å². The molecular formula is C12H13N3O5S. The van der Waals surface area contributed by atoms with E-state index in [2.05, 4.69) is 9.88 Å². The summed E-state index contributed by atoms with van der Waals surface area (Å²) in [7, 11) is -4.14. The van der Waals surface area contributed by atoms with Gasteiger partial charge in [0.1, 0.15) is 5.76 Å². The average Bonchev–Trinajstić information content (AvgIpc) is 2.75. The van der Waals surface area contributed by atoms with E-state index in [1.54, 1.807) is 6.92 Å². The Kier molecular flexibility index (Phi) is 3.69. The zero-order chi connectivity index (χ0) is 15.8. The smallest absolute Gasteiger partial charge is 0.293 e. The lowest BCUT2D eigenvalue weighted by atomic mass is 10.1. The quantitative estimate of drug-likeness (QED) is 0.684. The normalized spacial score (nSPS) is 11.4. The molecule has 0 radical (unpaired) electrons. The van der Waals surface area contributed by atoms with Gasteiger partial charge in [-0.15, -0.1) is 0 Å². The minimum absolute atomic E-state index is 0.0253. The highest BCUT2D eigenvalue weighted by Crippen LogP contribution is 2.31. The molecule has 0 aliphatic carbocycles. The summed E-state index contributed by atoms with van der Waals surface area (Å²) in [6.07, 6.45) is 0. The molecule has 1 aromatic heterocycles. The SMILES string of the molecule is Cc1cc(NS(=O)(=O)c2c(C)ccc(C)c2[N+](=O)[O-])no1. The number of hydrogen-bond acceptors (Lipinski definition) is 6. The van der Waals surface area contributed by atoms with Crippen LogP contribution in [0.1, 0.15) is 16.9 Å². The second-order valence-electron chi connectivity index (χ2n) is 4.56. The standard InChI is InChI=1S/C12H13N3O5S/c1-7-4-5-8(2)12(11(7)15(16)17)21(18,19)14-10-6-9(3)20-13-10/h4-6H,1-3H3,(H,13,14). The Morgan fingerprint density at radius 1 is 1.24 bits per heavy atom. The molecule has 0 aliphatic rings. The number of hydrogen-bond donors (Lipinski definition) is 1. The van der Waals surface area contributed by atoms with E-state index in [-0.39, 0.29) is 21.8 Å². The minimum Gasteiger partial charge on any atom is -0.360 e. The maximum Gasteiger partial charge on any atom is 0.293 e. The van der Waals surface area contributed by atoms with Crippen molar-refractivity contribution in [3.8, 4) is 0 Å². The van der Waals surface area contributed by atoms with Gasteiger partial charge in [-0.3, -0.25) is 14.8 Å². The predicted octanol–water partition coefficient (Wildman–Crippen LogP) is 2.31. The Balaban J connectivity index is 2.59. The maximum absolute atomic E-state index is 12.4. The highest BCUT2D eigenvalue weighted by molar-refractivity contribution is 7.93. The summed E-state index contributed by atoms with van der Waals surface area (Å²) < 4.78 is 31.8. The molecule has 0 amide bonds. The average molecular weight is 311 g/mol. The first-order chi connectivity index (χ1) is 9.72. The van der Waals surface area contributed by atoms with Gasteiger partial charge in [-0.2, -0.15) is 0 Å². The van der Waals surface area contributed by atoms with Gasteiger partial charge in [0.2, 0.25) is 0 Å². The zero-order valence-corrected chi connectivity index (χ0v) is 12.4.